The number of hydrogen-bond acceptors (Lipinski definition) is 4. The second-order valence-electron chi connectivity index (χ2n) is 8.10. The van der Waals surface area contributed by atoms with Gasteiger partial charge in [-0.2, -0.15) is 0 Å². The molecule has 7 heteroatoms. The van der Waals surface area contributed by atoms with E-state index in [-0.39, 0.29) is 24.1 Å². The van der Waals surface area contributed by atoms with Gasteiger partial charge in [0.15, 0.2) is 0 Å². The van der Waals surface area contributed by atoms with Crippen molar-refractivity contribution < 1.29 is 14.3 Å². The molecule has 1 atom stereocenters. The molecule has 0 radical (unpaired) electrons. The molecule has 0 aliphatic carbocycles. The maximum absolute atomic E-state index is 12.5. The smallest absolute Gasteiger partial charge is 0.315 e. The van der Waals surface area contributed by atoms with Gasteiger partial charge in [0.25, 0.3) is 5.91 Å². The Hall–Kier alpha value is -2.90. The van der Waals surface area contributed by atoms with E-state index in [9.17, 15) is 9.59 Å². The largest absolute Gasteiger partial charge is 0.374 e. The summed E-state index contributed by atoms with van der Waals surface area (Å²) < 4.78 is 5.83. The topological polar surface area (TPSA) is 82.7 Å². The van der Waals surface area contributed by atoms with Gasteiger partial charge in [0.2, 0.25) is 0 Å². The first kappa shape index (κ1) is 22.8. The van der Waals surface area contributed by atoms with Crippen molar-refractivity contribution in [3.05, 3.63) is 71.3 Å². The Morgan fingerprint density at radius 3 is 2.48 bits per heavy atom. The highest BCUT2D eigenvalue weighted by Crippen LogP contribution is 2.11. The summed E-state index contributed by atoms with van der Waals surface area (Å²) in [4.78, 5) is 26.5. The van der Waals surface area contributed by atoms with E-state index in [2.05, 4.69) is 45.1 Å². The number of ether oxygens (including phenoxy) is 1. The average Bonchev–Trinajstić information content (AvgIpc) is 2.77. The Morgan fingerprint density at radius 2 is 1.77 bits per heavy atom. The summed E-state index contributed by atoms with van der Waals surface area (Å²) in [7, 11) is 0. The predicted molar refractivity (Wildman–Crippen MR) is 121 cm³/mol. The van der Waals surface area contributed by atoms with Crippen LogP contribution in [0, 0.1) is 0 Å². The minimum Gasteiger partial charge on any atom is -0.374 e. The lowest BCUT2D eigenvalue weighted by molar-refractivity contribution is -0.0292. The van der Waals surface area contributed by atoms with Gasteiger partial charge >= 0.3 is 6.03 Å². The van der Waals surface area contributed by atoms with Gasteiger partial charge in [-0.1, -0.05) is 42.5 Å². The van der Waals surface area contributed by atoms with Crippen molar-refractivity contribution in [2.45, 2.75) is 39.1 Å². The van der Waals surface area contributed by atoms with Crippen LogP contribution in [0.3, 0.4) is 0 Å². The Balaban J connectivity index is 1.42. The number of nitrogens with one attached hydrogen (secondary N) is 3. The molecular weight excluding hydrogens is 392 g/mol. The Bertz CT molecular complexity index is 840. The van der Waals surface area contributed by atoms with E-state index in [1.165, 1.54) is 5.56 Å². The molecule has 2 aromatic carbocycles. The lowest BCUT2D eigenvalue weighted by atomic mass is 10.1. The SMILES string of the molecule is CC(C)NC(=O)NCc1ccc(C(=O)NCC2CN(Cc3ccccc3)CCO2)cc1. The van der Waals surface area contributed by atoms with Crippen LogP contribution in [-0.4, -0.2) is 55.2 Å². The Kier molecular flexibility index (Phi) is 8.44. The van der Waals surface area contributed by atoms with Crippen LogP contribution in [0.2, 0.25) is 0 Å². The van der Waals surface area contributed by atoms with Crippen LogP contribution in [0.15, 0.2) is 54.6 Å². The quantitative estimate of drug-likeness (QED) is 0.608. The standard InChI is InChI=1S/C24H32N4O3/c1-18(2)27-24(30)26-14-19-8-10-21(11-9-19)23(29)25-15-22-17-28(12-13-31-22)16-20-6-4-3-5-7-20/h3-11,18,22H,12-17H2,1-2H3,(H,25,29)(H2,26,27,30). The van der Waals surface area contributed by atoms with Gasteiger partial charge in [-0.15, -0.1) is 0 Å². The summed E-state index contributed by atoms with van der Waals surface area (Å²) in [5.41, 5.74) is 2.80. The lowest BCUT2D eigenvalue weighted by Gasteiger charge is -2.33. The molecule has 1 aliphatic heterocycles. The fourth-order valence-electron chi connectivity index (χ4n) is 3.47. The number of carbonyl (C=O) groups is 2. The second-order valence-corrected chi connectivity index (χ2v) is 8.10. The van der Waals surface area contributed by atoms with Gasteiger partial charge in [0, 0.05) is 44.3 Å². The van der Waals surface area contributed by atoms with E-state index in [4.69, 9.17) is 4.74 Å². The van der Waals surface area contributed by atoms with E-state index >= 15 is 0 Å². The highest BCUT2D eigenvalue weighted by molar-refractivity contribution is 5.94. The molecule has 7 nitrogen and oxygen atoms in total. The number of rotatable bonds is 8. The molecule has 0 spiro atoms. The molecule has 1 aliphatic rings. The van der Waals surface area contributed by atoms with E-state index in [0.29, 0.717) is 25.3 Å². The molecular formula is C24H32N4O3. The Morgan fingerprint density at radius 1 is 1.03 bits per heavy atom. The van der Waals surface area contributed by atoms with Crippen LogP contribution in [0.5, 0.6) is 0 Å². The van der Waals surface area contributed by atoms with Crippen molar-refractivity contribution in [2.75, 3.05) is 26.2 Å². The normalized spacial score (nSPS) is 16.7. The van der Waals surface area contributed by atoms with Crippen molar-refractivity contribution in [3.63, 3.8) is 0 Å². The first-order chi connectivity index (χ1) is 15.0. The maximum atomic E-state index is 12.5. The van der Waals surface area contributed by atoms with Crippen LogP contribution < -0.4 is 16.0 Å². The number of nitrogens with zero attached hydrogens (tertiary/aromatic N) is 1. The lowest BCUT2D eigenvalue weighted by Crippen LogP contribution is -2.47. The number of carbonyl (C=O) groups excluding carboxylic acids is 2. The molecule has 3 amide bonds. The molecule has 2 aromatic rings. The summed E-state index contributed by atoms with van der Waals surface area (Å²) >= 11 is 0. The molecule has 0 bridgehead atoms. The van der Waals surface area contributed by atoms with Gasteiger partial charge in [-0.3, -0.25) is 9.69 Å². The van der Waals surface area contributed by atoms with Crippen LogP contribution in [-0.2, 0) is 17.8 Å². The highest BCUT2D eigenvalue weighted by atomic mass is 16.5. The first-order valence-corrected chi connectivity index (χ1v) is 10.8. The molecule has 3 N–H and O–H groups in total. The number of morpholine rings is 1. The fourth-order valence-corrected chi connectivity index (χ4v) is 3.47. The molecule has 166 valence electrons. The van der Waals surface area contributed by atoms with Crippen LogP contribution >= 0.6 is 0 Å². The third-order valence-corrected chi connectivity index (χ3v) is 5.05. The van der Waals surface area contributed by atoms with Crippen LogP contribution in [0.4, 0.5) is 4.79 Å². The second kappa shape index (κ2) is 11.5. The van der Waals surface area contributed by atoms with Crippen LogP contribution in [0.1, 0.15) is 35.3 Å². The summed E-state index contributed by atoms with van der Waals surface area (Å²) in [6, 6.07) is 17.5. The summed E-state index contributed by atoms with van der Waals surface area (Å²) in [6.07, 6.45) is -0.0237. The number of urea groups is 1. The van der Waals surface area contributed by atoms with Crippen molar-refractivity contribution in [1.82, 2.24) is 20.9 Å². The Labute approximate surface area is 184 Å². The van der Waals surface area contributed by atoms with E-state index < -0.39 is 0 Å². The zero-order valence-electron chi connectivity index (χ0n) is 18.3. The monoisotopic (exact) mass is 424 g/mol. The van der Waals surface area contributed by atoms with Gasteiger partial charge in [0.1, 0.15) is 0 Å². The third-order valence-electron chi connectivity index (χ3n) is 5.05. The number of amides is 3. The average molecular weight is 425 g/mol. The van der Waals surface area contributed by atoms with Crippen molar-refractivity contribution >= 4 is 11.9 Å². The molecule has 1 heterocycles. The van der Waals surface area contributed by atoms with Crippen molar-refractivity contribution in [2.24, 2.45) is 0 Å². The summed E-state index contributed by atoms with van der Waals surface area (Å²) in [5.74, 6) is -0.124. The van der Waals surface area contributed by atoms with Gasteiger partial charge in [-0.25, -0.2) is 4.79 Å². The molecule has 1 fully saturated rings. The maximum Gasteiger partial charge on any atom is 0.315 e. The van der Waals surface area contributed by atoms with E-state index in [1.807, 2.05) is 32.0 Å². The first-order valence-electron chi connectivity index (χ1n) is 10.8. The zero-order chi connectivity index (χ0) is 22.1. The summed E-state index contributed by atoms with van der Waals surface area (Å²) in [5, 5.41) is 8.55. The predicted octanol–water partition coefficient (Wildman–Crippen LogP) is 2.53. The molecule has 1 unspecified atom stereocenters. The van der Waals surface area contributed by atoms with Gasteiger partial charge < -0.3 is 20.7 Å². The molecule has 1 saturated heterocycles. The zero-order valence-corrected chi connectivity index (χ0v) is 18.3. The molecule has 0 saturated carbocycles. The van der Waals surface area contributed by atoms with Crippen molar-refractivity contribution in [3.8, 4) is 0 Å². The minimum absolute atomic E-state index is 0.0237. The van der Waals surface area contributed by atoms with Gasteiger partial charge in [-0.05, 0) is 37.1 Å². The van der Waals surface area contributed by atoms with E-state index in [1.54, 1.807) is 12.1 Å². The van der Waals surface area contributed by atoms with E-state index in [0.717, 1.165) is 25.2 Å². The van der Waals surface area contributed by atoms with Crippen molar-refractivity contribution in [1.29, 1.82) is 0 Å². The molecule has 0 aromatic heterocycles. The number of benzene rings is 2. The number of hydrogen-bond donors (Lipinski definition) is 3. The fraction of sp³-hybridized carbons (Fsp3) is 0.417. The third kappa shape index (κ3) is 7.70. The highest BCUT2D eigenvalue weighted by Gasteiger charge is 2.21. The minimum atomic E-state index is -0.203. The van der Waals surface area contributed by atoms with Gasteiger partial charge in [0.05, 0.1) is 12.7 Å². The van der Waals surface area contributed by atoms with Crippen LogP contribution in [0.25, 0.3) is 0 Å². The molecule has 3 rings (SSSR count). The molecule has 31 heavy (non-hydrogen) atoms. The summed E-state index contributed by atoms with van der Waals surface area (Å²) in [6.45, 7) is 7.94.